The van der Waals surface area contributed by atoms with Crippen molar-refractivity contribution in [3.05, 3.63) is 71.8 Å². The smallest absolute Gasteiger partial charge is 0.234 e. The molecule has 0 unspecified atom stereocenters. The van der Waals surface area contributed by atoms with Gasteiger partial charge in [0, 0.05) is 11.4 Å². The summed E-state index contributed by atoms with van der Waals surface area (Å²) < 4.78 is 0. The number of nitrogens with one attached hydrogen (secondary N) is 2. The van der Waals surface area contributed by atoms with E-state index in [-0.39, 0.29) is 11.7 Å². The SMILES string of the molecule is Cc1ccc(NC(=O)CSc2ccc(Nc3ccc(C)cc3)nn2)cc1. The van der Waals surface area contributed by atoms with Crippen molar-refractivity contribution in [2.75, 3.05) is 16.4 Å². The van der Waals surface area contributed by atoms with Gasteiger partial charge in [-0.05, 0) is 50.2 Å². The van der Waals surface area contributed by atoms with E-state index in [4.69, 9.17) is 0 Å². The number of carbonyl (C=O) groups excluding carboxylic acids is 1. The molecule has 6 heteroatoms. The van der Waals surface area contributed by atoms with Gasteiger partial charge >= 0.3 is 0 Å². The third-order valence-electron chi connectivity index (χ3n) is 3.65. The van der Waals surface area contributed by atoms with Crippen molar-refractivity contribution >= 4 is 34.9 Å². The molecule has 0 aliphatic rings. The standard InChI is InChI=1S/C20H20N4OS/c1-14-3-7-16(8-4-14)21-18-11-12-20(24-23-18)26-13-19(25)22-17-9-5-15(2)6-10-17/h3-12H,13H2,1-2H3,(H,21,23)(H,22,25). The van der Waals surface area contributed by atoms with Crippen LogP contribution < -0.4 is 10.6 Å². The van der Waals surface area contributed by atoms with E-state index >= 15 is 0 Å². The van der Waals surface area contributed by atoms with E-state index in [2.05, 4.69) is 20.8 Å². The minimum atomic E-state index is -0.0671. The lowest BCUT2D eigenvalue weighted by Crippen LogP contribution is -2.14. The number of benzene rings is 2. The van der Waals surface area contributed by atoms with E-state index < -0.39 is 0 Å². The van der Waals surface area contributed by atoms with Gasteiger partial charge in [-0.2, -0.15) is 0 Å². The van der Waals surface area contributed by atoms with Gasteiger partial charge in [-0.1, -0.05) is 47.2 Å². The highest BCUT2D eigenvalue weighted by molar-refractivity contribution is 7.99. The van der Waals surface area contributed by atoms with Crippen molar-refractivity contribution < 1.29 is 4.79 Å². The largest absolute Gasteiger partial charge is 0.339 e. The molecule has 0 spiro atoms. The molecule has 0 radical (unpaired) electrons. The van der Waals surface area contributed by atoms with Crippen LogP contribution in [0.3, 0.4) is 0 Å². The lowest BCUT2D eigenvalue weighted by atomic mass is 10.2. The van der Waals surface area contributed by atoms with Gasteiger partial charge in [0.1, 0.15) is 5.03 Å². The first kappa shape index (κ1) is 17.9. The highest BCUT2D eigenvalue weighted by Gasteiger charge is 2.05. The van der Waals surface area contributed by atoms with E-state index in [1.165, 1.54) is 17.3 Å². The Kier molecular flexibility index (Phi) is 5.86. The van der Waals surface area contributed by atoms with Crippen molar-refractivity contribution in [2.45, 2.75) is 18.9 Å². The summed E-state index contributed by atoms with van der Waals surface area (Å²) in [6.07, 6.45) is 0. The number of aryl methyl sites for hydroxylation is 2. The first-order valence-corrected chi connectivity index (χ1v) is 9.24. The maximum Gasteiger partial charge on any atom is 0.234 e. The minimum Gasteiger partial charge on any atom is -0.339 e. The van der Waals surface area contributed by atoms with Crippen molar-refractivity contribution in [3.8, 4) is 0 Å². The van der Waals surface area contributed by atoms with Crippen LogP contribution in [-0.4, -0.2) is 21.9 Å². The molecule has 1 amide bonds. The summed E-state index contributed by atoms with van der Waals surface area (Å²) in [5.41, 5.74) is 4.12. The van der Waals surface area contributed by atoms with Crippen LogP contribution in [0.15, 0.2) is 65.7 Å². The van der Waals surface area contributed by atoms with Crippen molar-refractivity contribution in [2.24, 2.45) is 0 Å². The van der Waals surface area contributed by atoms with E-state index in [0.717, 1.165) is 16.9 Å². The average molecular weight is 364 g/mol. The molecule has 0 atom stereocenters. The summed E-state index contributed by atoms with van der Waals surface area (Å²) >= 11 is 1.35. The second kappa shape index (κ2) is 8.49. The van der Waals surface area contributed by atoms with Gasteiger partial charge < -0.3 is 10.6 Å². The monoisotopic (exact) mass is 364 g/mol. The van der Waals surface area contributed by atoms with Gasteiger partial charge in [-0.25, -0.2) is 0 Å². The number of hydrogen-bond donors (Lipinski definition) is 2. The van der Waals surface area contributed by atoms with Crippen LogP contribution in [0.5, 0.6) is 0 Å². The molecule has 132 valence electrons. The number of anilines is 3. The quantitative estimate of drug-likeness (QED) is 0.627. The Labute approximate surface area is 157 Å². The second-order valence-electron chi connectivity index (χ2n) is 5.95. The van der Waals surface area contributed by atoms with Crippen LogP contribution in [0.2, 0.25) is 0 Å². The highest BCUT2D eigenvalue weighted by Crippen LogP contribution is 2.19. The molecule has 2 aromatic carbocycles. The Bertz CT molecular complexity index is 862. The summed E-state index contributed by atoms with van der Waals surface area (Å²) in [4.78, 5) is 12.0. The molecule has 0 aliphatic carbocycles. The van der Waals surface area contributed by atoms with Crippen LogP contribution >= 0.6 is 11.8 Å². The highest BCUT2D eigenvalue weighted by atomic mass is 32.2. The summed E-state index contributed by atoms with van der Waals surface area (Å²) in [5, 5.41) is 15.1. The fraction of sp³-hybridized carbons (Fsp3) is 0.150. The zero-order chi connectivity index (χ0) is 18.4. The molecule has 0 saturated heterocycles. The van der Waals surface area contributed by atoms with Crippen molar-refractivity contribution in [1.29, 1.82) is 0 Å². The molecule has 5 nitrogen and oxygen atoms in total. The maximum atomic E-state index is 12.0. The van der Waals surface area contributed by atoms with Crippen LogP contribution in [0.1, 0.15) is 11.1 Å². The number of hydrogen-bond acceptors (Lipinski definition) is 5. The predicted molar refractivity (Wildman–Crippen MR) is 107 cm³/mol. The molecule has 3 aromatic rings. The molecular weight excluding hydrogens is 344 g/mol. The normalized spacial score (nSPS) is 10.4. The summed E-state index contributed by atoms with van der Waals surface area (Å²) in [5.74, 6) is 0.887. The molecule has 1 heterocycles. The van der Waals surface area contributed by atoms with Crippen molar-refractivity contribution in [1.82, 2.24) is 10.2 Å². The van der Waals surface area contributed by atoms with Crippen LogP contribution in [0.4, 0.5) is 17.2 Å². The van der Waals surface area contributed by atoms with E-state index in [0.29, 0.717) is 10.8 Å². The third-order valence-corrected chi connectivity index (χ3v) is 4.57. The van der Waals surface area contributed by atoms with E-state index in [1.54, 1.807) is 0 Å². The maximum absolute atomic E-state index is 12.0. The zero-order valence-electron chi connectivity index (χ0n) is 14.7. The van der Waals surface area contributed by atoms with Gasteiger partial charge in [0.2, 0.25) is 5.91 Å². The molecule has 2 N–H and O–H groups in total. The summed E-state index contributed by atoms with van der Waals surface area (Å²) in [6.45, 7) is 4.06. The molecule has 0 aliphatic heterocycles. The van der Waals surface area contributed by atoms with Crippen LogP contribution in [0, 0.1) is 13.8 Å². The Morgan fingerprint density at radius 3 is 2.04 bits per heavy atom. The van der Waals surface area contributed by atoms with Crippen LogP contribution in [0.25, 0.3) is 0 Å². The minimum absolute atomic E-state index is 0.0671. The Hall–Kier alpha value is -2.86. The zero-order valence-corrected chi connectivity index (χ0v) is 15.5. The fourth-order valence-corrected chi connectivity index (χ4v) is 2.84. The number of thioether (sulfide) groups is 1. The number of aromatic nitrogens is 2. The number of rotatable bonds is 6. The fourth-order valence-electron chi connectivity index (χ4n) is 2.22. The third kappa shape index (κ3) is 5.32. The first-order valence-electron chi connectivity index (χ1n) is 8.25. The number of nitrogens with zero attached hydrogens (tertiary/aromatic N) is 2. The predicted octanol–water partition coefficient (Wildman–Crippen LogP) is 4.57. The lowest BCUT2D eigenvalue weighted by Gasteiger charge is -2.07. The number of carbonyl (C=O) groups is 1. The summed E-state index contributed by atoms with van der Waals surface area (Å²) in [6, 6.07) is 19.5. The van der Waals surface area contributed by atoms with E-state index in [9.17, 15) is 4.79 Å². The van der Waals surface area contributed by atoms with Gasteiger partial charge in [-0.15, -0.1) is 10.2 Å². The number of amides is 1. The van der Waals surface area contributed by atoms with Crippen LogP contribution in [-0.2, 0) is 4.79 Å². The van der Waals surface area contributed by atoms with Gasteiger partial charge in [-0.3, -0.25) is 4.79 Å². The van der Waals surface area contributed by atoms with Gasteiger partial charge in [0.15, 0.2) is 5.82 Å². The lowest BCUT2D eigenvalue weighted by molar-refractivity contribution is -0.113. The molecule has 0 saturated carbocycles. The van der Waals surface area contributed by atoms with Gasteiger partial charge in [0.05, 0.1) is 5.75 Å². The first-order chi connectivity index (χ1) is 12.6. The topological polar surface area (TPSA) is 66.9 Å². The summed E-state index contributed by atoms with van der Waals surface area (Å²) in [7, 11) is 0. The Morgan fingerprint density at radius 2 is 1.46 bits per heavy atom. The molecule has 1 aromatic heterocycles. The molecule has 0 bridgehead atoms. The Morgan fingerprint density at radius 1 is 0.846 bits per heavy atom. The second-order valence-corrected chi connectivity index (χ2v) is 6.95. The van der Waals surface area contributed by atoms with Gasteiger partial charge in [0.25, 0.3) is 0 Å². The molecule has 0 fully saturated rings. The molecular formula is C20H20N4OS. The molecule has 3 rings (SSSR count). The van der Waals surface area contributed by atoms with E-state index in [1.807, 2.05) is 74.5 Å². The average Bonchev–Trinajstić information content (AvgIpc) is 2.65. The van der Waals surface area contributed by atoms with Crippen molar-refractivity contribution in [3.63, 3.8) is 0 Å². The Balaban J connectivity index is 1.50. The molecule has 26 heavy (non-hydrogen) atoms.